The first-order chi connectivity index (χ1) is 8.76. The molecule has 0 aliphatic heterocycles. The van der Waals surface area contributed by atoms with Gasteiger partial charge in [0.15, 0.2) is 0 Å². The van der Waals surface area contributed by atoms with Crippen LogP contribution in [0, 0.1) is 18.6 Å². The van der Waals surface area contributed by atoms with Crippen molar-refractivity contribution in [2.24, 2.45) is 0 Å². The fourth-order valence-corrected chi connectivity index (χ4v) is 1.82. The molecule has 0 aromatic heterocycles. The minimum absolute atomic E-state index is 0.127. The molecule has 1 atom stereocenters. The number of aryl methyl sites for hydroxylation is 1. The monoisotopic (exact) mass is 281 g/mol. The molecule has 1 unspecified atom stereocenters. The van der Waals surface area contributed by atoms with Crippen molar-refractivity contribution in [1.82, 2.24) is 5.32 Å². The van der Waals surface area contributed by atoms with Gasteiger partial charge in [-0.15, -0.1) is 0 Å². The lowest BCUT2D eigenvalue weighted by Gasteiger charge is -2.22. The van der Waals surface area contributed by atoms with Gasteiger partial charge < -0.3 is 5.32 Å². The SMILES string of the molecule is CCCNC(CC(F)(F)F)c1c(F)ccc(C)c1F. The highest BCUT2D eigenvalue weighted by atomic mass is 19.4. The Hall–Kier alpha value is -1.17. The van der Waals surface area contributed by atoms with Gasteiger partial charge in [-0.2, -0.15) is 13.2 Å². The first kappa shape index (κ1) is 15.9. The summed E-state index contributed by atoms with van der Waals surface area (Å²) in [6.07, 6.45) is -5.22. The van der Waals surface area contributed by atoms with E-state index >= 15 is 0 Å². The quantitative estimate of drug-likeness (QED) is 0.795. The van der Waals surface area contributed by atoms with E-state index in [2.05, 4.69) is 5.32 Å². The summed E-state index contributed by atoms with van der Waals surface area (Å²) in [5, 5.41) is 2.55. The summed E-state index contributed by atoms with van der Waals surface area (Å²) in [4.78, 5) is 0. The molecule has 0 saturated carbocycles. The number of alkyl halides is 3. The van der Waals surface area contributed by atoms with Crippen molar-refractivity contribution < 1.29 is 22.0 Å². The average molecular weight is 281 g/mol. The van der Waals surface area contributed by atoms with Crippen LogP contribution < -0.4 is 5.32 Å². The number of halogens is 5. The van der Waals surface area contributed by atoms with Crippen molar-refractivity contribution in [3.63, 3.8) is 0 Å². The van der Waals surface area contributed by atoms with Gasteiger partial charge in [0, 0.05) is 11.6 Å². The first-order valence-corrected chi connectivity index (χ1v) is 6.01. The minimum atomic E-state index is -4.49. The highest BCUT2D eigenvalue weighted by Crippen LogP contribution is 2.32. The Balaban J connectivity index is 3.13. The number of nitrogens with one attached hydrogen (secondary N) is 1. The second kappa shape index (κ2) is 6.32. The number of benzene rings is 1. The standard InChI is InChI=1S/C13H16F5N/c1-3-6-19-10(7-13(16,17)18)11-9(14)5-4-8(2)12(11)15/h4-5,10,19H,3,6-7H2,1-2H3. The lowest BCUT2D eigenvalue weighted by Crippen LogP contribution is -2.29. The highest BCUT2D eigenvalue weighted by molar-refractivity contribution is 5.29. The minimum Gasteiger partial charge on any atom is -0.309 e. The molecule has 19 heavy (non-hydrogen) atoms. The van der Waals surface area contributed by atoms with E-state index < -0.39 is 35.8 Å². The molecule has 0 fully saturated rings. The van der Waals surface area contributed by atoms with Crippen LogP contribution in [0.1, 0.15) is 36.9 Å². The van der Waals surface area contributed by atoms with Crippen molar-refractivity contribution in [2.75, 3.05) is 6.54 Å². The van der Waals surface area contributed by atoms with Crippen molar-refractivity contribution in [1.29, 1.82) is 0 Å². The molecule has 108 valence electrons. The number of hydrogen-bond acceptors (Lipinski definition) is 1. The highest BCUT2D eigenvalue weighted by Gasteiger charge is 2.35. The van der Waals surface area contributed by atoms with E-state index in [1.54, 1.807) is 6.92 Å². The fraction of sp³-hybridized carbons (Fsp3) is 0.538. The van der Waals surface area contributed by atoms with Crippen LogP contribution in [0.3, 0.4) is 0 Å². The van der Waals surface area contributed by atoms with Crippen molar-refractivity contribution in [2.45, 2.75) is 38.9 Å². The fourth-order valence-electron chi connectivity index (χ4n) is 1.82. The summed E-state index contributed by atoms with van der Waals surface area (Å²) >= 11 is 0. The third kappa shape index (κ3) is 4.45. The van der Waals surface area contributed by atoms with Gasteiger partial charge in [0.2, 0.25) is 0 Å². The van der Waals surface area contributed by atoms with Crippen molar-refractivity contribution in [3.05, 3.63) is 34.9 Å². The molecule has 1 N–H and O–H groups in total. The molecule has 1 aromatic carbocycles. The van der Waals surface area contributed by atoms with Crippen LogP contribution in [-0.4, -0.2) is 12.7 Å². The predicted octanol–water partition coefficient (Wildman–Crippen LogP) is 4.27. The normalized spacial score (nSPS) is 13.6. The largest absolute Gasteiger partial charge is 0.390 e. The van der Waals surface area contributed by atoms with E-state index in [9.17, 15) is 22.0 Å². The Bertz CT molecular complexity index is 428. The smallest absolute Gasteiger partial charge is 0.309 e. The third-order valence-electron chi connectivity index (χ3n) is 2.74. The van der Waals surface area contributed by atoms with E-state index in [0.717, 1.165) is 6.07 Å². The van der Waals surface area contributed by atoms with Crippen LogP contribution in [0.5, 0.6) is 0 Å². The molecule has 0 heterocycles. The maximum absolute atomic E-state index is 13.9. The van der Waals surface area contributed by atoms with E-state index in [1.807, 2.05) is 0 Å². The Morgan fingerprint density at radius 1 is 1.21 bits per heavy atom. The Morgan fingerprint density at radius 3 is 2.37 bits per heavy atom. The van der Waals surface area contributed by atoms with Crippen LogP contribution in [-0.2, 0) is 0 Å². The van der Waals surface area contributed by atoms with Gasteiger partial charge in [0.05, 0.1) is 6.42 Å². The number of rotatable bonds is 5. The lowest BCUT2D eigenvalue weighted by molar-refractivity contribution is -0.140. The molecule has 6 heteroatoms. The first-order valence-electron chi connectivity index (χ1n) is 6.01. The molecular formula is C13H16F5N. The molecule has 1 nitrogen and oxygen atoms in total. The van der Waals surface area contributed by atoms with Gasteiger partial charge in [-0.1, -0.05) is 13.0 Å². The zero-order valence-corrected chi connectivity index (χ0v) is 10.7. The molecule has 0 aliphatic carbocycles. The summed E-state index contributed by atoms with van der Waals surface area (Å²) < 4.78 is 65.0. The molecule has 0 saturated heterocycles. The van der Waals surface area contributed by atoms with Crippen LogP contribution in [0.2, 0.25) is 0 Å². The van der Waals surface area contributed by atoms with Crippen LogP contribution in [0.25, 0.3) is 0 Å². The zero-order chi connectivity index (χ0) is 14.6. The third-order valence-corrected chi connectivity index (χ3v) is 2.74. The topological polar surface area (TPSA) is 12.0 Å². The van der Waals surface area contributed by atoms with Gasteiger partial charge in [0.1, 0.15) is 11.6 Å². The molecule has 1 rings (SSSR count). The van der Waals surface area contributed by atoms with E-state index in [4.69, 9.17) is 0 Å². The predicted molar refractivity (Wildman–Crippen MR) is 62.8 cm³/mol. The van der Waals surface area contributed by atoms with Gasteiger partial charge in [-0.25, -0.2) is 8.78 Å². The Labute approximate surface area is 108 Å². The molecule has 0 aliphatic rings. The van der Waals surface area contributed by atoms with Crippen molar-refractivity contribution >= 4 is 0 Å². The Morgan fingerprint density at radius 2 is 1.84 bits per heavy atom. The van der Waals surface area contributed by atoms with Crippen LogP contribution in [0.15, 0.2) is 12.1 Å². The molecule has 0 amide bonds. The zero-order valence-electron chi connectivity index (χ0n) is 10.7. The summed E-state index contributed by atoms with van der Waals surface area (Å²) in [5.74, 6) is -1.88. The molecule has 1 aromatic rings. The molecule has 0 bridgehead atoms. The summed E-state index contributed by atoms with van der Waals surface area (Å²) in [5.41, 5.74) is -0.410. The molecule has 0 radical (unpaired) electrons. The van der Waals surface area contributed by atoms with E-state index in [0.29, 0.717) is 6.42 Å². The molecule has 0 spiro atoms. The second-order valence-electron chi connectivity index (χ2n) is 4.42. The van der Waals surface area contributed by atoms with Gasteiger partial charge in [0.25, 0.3) is 0 Å². The van der Waals surface area contributed by atoms with Crippen LogP contribution in [0.4, 0.5) is 22.0 Å². The second-order valence-corrected chi connectivity index (χ2v) is 4.42. The van der Waals surface area contributed by atoms with Crippen LogP contribution >= 0.6 is 0 Å². The lowest BCUT2D eigenvalue weighted by atomic mass is 9.99. The average Bonchev–Trinajstić information content (AvgIpc) is 2.29. The number of hydrogen-bond donors (Lipinski definition) is 1. The summed E-state index contributed by atoms with van der Waals surface area (Å²) in [6, 6.07) is 0.795. The molecular weight excluding hydrogens is 265 g/mol. The maximum atomic E-state index is 13.9. The van der Waals surface area contributed by atoms with E-state index in [-0.39, 0.29) is 12.1 Å². The van der Waals surface area contributed by atoms with Gasteiger partial charge >= 0.3 is 6.18 Å². The van der Waals surface area contributed by atoms with Crippen molar-refractivity contribution in [3.8, 4) is 0 Å². The van der Waals surface area contributed by atoms with E-state index in [1.165, 1.54) is 13.0 Å². The van der Waals surface area contributed by atoms with Gasteiger partial charge in [-0.3, -0.25) is 0 Å². The summed E-state index contributed by atoms with van der Waals surface area (Å²) in [6.45, 7) is 3.41. The Kier molecular flexibility index (Phi) is 5.29. The summed E-state index contributed by atoms with van der Waals surface area (Å²) in [7, 11) is 0. The van der Waals surface area contributed by atoms with Gasteiger partial charge in [-0.05, 0) is 31.5 Å². The maximum Gasteiger partial charge on any atom is 0.390 e.